The smallest absolute Gasteiger partial charge is 0.163 e. The van der Waals surface area contributed by atoms with Gasteiger partial charge in [-0.05, 0) is 24.6 Å². The molecule has 0 aromatic heterocycles. The molecule has 0 saturated heterocycles. The average molecular weight is 189 g/mol. The highest BCUT2D eigenvalue weighted by Crippen LogP contribution is 2.20. The first-order valence-corrected chi connectivity index (χ1v) is 3.85. The molecule has 0 fully saturated rings. The van der Waals surface area contributed by atoms with Crippen LogP contribution in [0.4, 0.5) is 13.2 Å². The standard InChI is InChI=1S/C9H10F3N/c1-5(13)7-2-6(4-10)3-8(11)9(7)12/h2-3,5H,4,13H2,1H3. The molecule has 0 bridgehead atoms. The van der Waals surface area contributed by atoms with Gasteiger partial charge in [0.05, 0.1) is 0 Å². The molecule has 0 amide bonds. The summed E-state index contributed by atoms with van der Waals surface area (Å²) >= 11 is 0. The first kappa shape index (κ1) is 10.1. The van der Waals surface area contributed by atoms with Crippen LogP contribution in [0.3, 0.4) is 0 Å². The third kappa shape index (κ3) is 2.01. The lowest BCUT2D eigenvalue weighted by atomic mass is 10.1. The second kappa shape index (κ2) is 3.79. The van der Waals surface area contributed by atoms with Crippen LogP contribution >= 0.6 is 0 Å². The average Bonchev–Trinajstić information content (AvgIpc) is 2.09. The largest absolute Gasteiger partial charge is 0.324 e. The molecule has 1 aromatic rings. The van der Waals surface area contributed by atoms with Crippen molar-refractivity contribution in [3.8, 4) is 0 Å². The van der Waals surface area contributed by atoms with E-state index in [4.69, 9.17) is 5.73 Å². The molecule has 0 spiro atoms. The molecule has 72 valence electrons. The molecule has 0 radical (unpaired) electrons. The third-order valence-corrected chi connectivity index (χ3v) is 1.76. The van der Waals surface area contributed by atoms with Gasteiger partial charge in [-0.3, -0.25) is 0 Å². The molecule has 4 heteroatoms. The summed E-state index contributed by atoms with van der Waals surface area (Å²) in [6.45, 7) is 0.691. The molecular weight excluding hydrogens is 179 g/mol. The van der Waals surface area contributed by atoms with Gasteiger partial charge < -0.3 is 5.73 Å². The van der Waals surface area contributed by atoms with Crippen LogP contribution in [0.25, 0.3) is 0 Å². The van der Waals surface area contributed by atoms with Crippen LogP contribution in [-0.4, -0.2) is 0 Å². The lowest BCUT2D eigenvalue weighted by Crippen LogP contribution is -2.09. The number of nitrogens with two attached hydrogens (primary N) is 1. The van der Waals surface area contributed by atoms with Gasteiger partial charge in [-0.25, -0.2) is 13.2 Å². The second-order valence-corrected chi connectivity index (χ2v) is 2.90. The van der Waals surface area contributed by atoms with Crippen molar-refractivity contribution in [3.05, 3.63) is 34.9 Å². The Labute approximate surface area is 74.4 Å². The van der Waals surface area contributed by atoms with Crippen LogP contribution in [0.5, 0.6) is 0 Å². The maximum absolute atomic E-state index is 13.0. The van der Waals surface area contributed by atoms with Crippen LogP contribution in [0.15, 0.2) is 12.1 Å². The van der Waals surface area contributed by atoms with Gasteiger partial charge >= 0.3 is 0 Å². The molecule has 0 heterocycles. The number of hydrogen-bond acceptors (Lipinski definition) is 1. The Kier molecular flexibility index (Phi) is 2.93. The Morgan fingerprint density at radius 2 is 2.00 bits per heavy atom. The minimum Gasteiger partial charge on any atom is -0.324 e. The number of rotatable bonds is 2. The Morgan fingerprint density at radius 1 is 1.38 bits per heavy atom. The fourth-order valence-corrected chi connectivity index (χ4v) is 1.08. The van der Waals surface area contributed by atoms with Crippen LogP contribution in [0, 0.1) is 11.6 Å². The number of benzene rings is 1. The van der Waals surface area contributed by atoms with Gasteiger partial charge in [-0.15, -0.1) is 0 Å². The normalized spacial score (nSPS) is 13.0. The zero-order chi connectivity index (χ0) is 10.0. The van der Waals surface area contributed by atoms with Crippen molar-refractivity contribution < 1.29 is 13.2 Å². The Bertz CT molecular complexity index is 310. The van der Waals surface area contributed by atoms with Crippen molar-refractivity contribution in [1.29, 1.82) is 0 Å². The molecule has 1 aromatic carbocycles. The molecule has 13 heavy (non-hydrogen) atoms. The van der Waals surface area contributed by atoms with Gasteiger partial charge in [0.2, 0.25) is 0 Å². The summed E-state index contributed by atoms with van der Waals surface area (Å²) in [5.74, 6) is -2.05. The van der Waals surface area contributed by atoms with E-state index in [9.17, 15) is 13.2 Å². The van der Waals surface area contributed by atoms with E-state index in [2.05, 4.69) is 0 Å². The summed E-state index contributed by atoms with van der Waals surface area (Å²) in [6.07, 6.45) is 0. The quantitative estimate of drug-likeness (QED) is 0.759. The zero-order valence-electron chi connectivity index (χ0n) is 7.15. The number of halogens is 3. The van der Waals surface area contributed by atoms with Crippen LogP contribution in [-0.2, 0) is 6.67 Å². The molecule has 1 unspecified atom stereocenters. The van der Waals surface area contributed by atoms with Crippen LogP contribution < -0.4 is 5.73 Å². The van der Waals surface area contributed by atoms with E-state index >= 15 is 0 Å². The van der Waals surface area contributed by atoms with E-state index < -0.39 is 24.4 Å². The van der Waals surface area contributed by atoms with Crippen molar-refractivity contribution in [2.45, 2.75) is 19.6 Å². The fraction of sp³-hybridized carbons (Fsp3) is 0.333. The molecule has 0 aliphatic carbocycles. The molecule has 2 N–H and O–H groups in total. The van der Waals surface area contributed by atoms with E-state index in [-0.39, 0.29) is 11.1 Å². The highest BCUT2D eigenvalue weighted by molar-refractivity contribution is 5.28. The zero-order valence-corrected chi connectivity index (χ0v) is 7.15. The summed E-state index contributed by atoms with van der Waals surface area (Å²) < 4.78 is 37.9. The lowest BCUT2D eigenvalue weighted by Gasteiger charge is -2.09. The molecule has 1 rings (SSSR count). The van der Waals surface area contributed by atoms with E-state index in [1.54, 1.807) is 0 Å². The molecule has 0 aliphatic heterocycles. The Balaban J connectivity index is 3.25. The summed E-state index contributed by atoms with van der Waals surface area (Å²) in [4.78, 5) is 0. The predicted octanol–water partition coefficient (Wildman–Crippen LogP) is 2.45. The molecule has 0 aliphatic rings. The maximum Gasteiger partial charge on any atom is 0.163 e. The molecule has 0 saturated carbocycles. The van der Waals surface area contributed by atoms with Gasteiger partial charge in [0.1, 0.15) is 6.67 Å². The van der Waals surface area contributed by atoms with Gasteiger partial charge in [0.15, 0.2) is 11.6 Å². The maximum atomic E-state index is 13.0. The van der Waals surface area contributed by atoms with Gasteiger partial charge in [0.25, 0.3) is 0 Å². The summed E-state index contributed by atoms with van der Waals surface area (Å²) in [6, 6.07) is 1.44. The number of hydrogen-bond donors (Lipinski definition) is 1. The van der Waals surface area contributed by atoms with E-state index in [0.717, 1.165) is 6.07 Å². The molecule has 1 nitrogen and oxygen atoms in total. The van der Waals surface area contributed by atoms with E-state index in [1.165, 1.54) is 13.0 Å². The monoisotopic (exact) mass is 189 g/mol. The van der Waals surface area contributed by atoms with Crippen molar-refractivity contribution in [2.75, 3.05) is 0 Å². The topological polar surface area (TPSA) is 26.0 Å². The first-order valence-electron chi connectivity index (χ1n) is 3.85. The van der Waals surface area contributed by atoms with E-state index in [0.29, 0.717) is 0 Å². The van der Waals surface area contributed by atoms with Gasteiger partial charge in [-0.2, -0.15) is 0 Å². The summed E-state index contributed by atoms with van der Waals surface area (Å²) in [5, 5.41) is 0. The van der Waals surface area contributed by atoms with Gasteiger partial charge in [-0.1, -0.05) is 0 Å². The molecular formula is C9H10F3N. The first-order chi connectivity index (χ1) is 6.06. The molecule has 1 atom stereocenters. The fourth-order valence-electron chi connectivity index (χ4n) is 1.08. The summed E-state index contributed by atoms with van der Waals surface area (Å²) in [5.41, 5.74) is 5.49. The number of alkyl halides is 1. The third-order valence-electron chi connectivity index (χ3n) is 1.76. The van der Waals surface area contributed by atoms with Gasteiger partial charge in [0, 0.05) is 11.6 Å². The van der Waals surface area contributed by atoms with Crippen LogP contribution in [0.2, 0.25) is 0 Å². The van der Waals surface area contributed by atoms with E-state index in [1.807, 2.05) is 0 Å². The van der Waals surface area contributed by atoms with Crippen molar-refractivity contribution >= 4 is 0 Å². The Hall–Kier alpha value is -1.03. The lowest BCUT2D eigenvalue weighted by molar-refractivity contribution is 0.465. The Morgan fingerprint density at radius 3 is 2.46 bits per heavy atom. The summed E-state index contributed by atoms with van der Waals surface area (Å²) in [7, 11) is 0. The minimum atomic E-state index is -1.05. The SMILES string of the molecule is CC(N)c1cc(CF)cc(F)c1F. The van der Waals surface area contributed by atoms with Crippen molar-refractivity contribution in [2.24, 2.45) is 5.73 Å². The van der Waals surface area contributed by atoms with Crippen LogP contribution in [0.1, 0.15) is 24.1 Å². The second-order valence-electron chi connectivity index (χ2n) is 2.90. The highest BCUT2D eigenvalue weighted by Gasteiger charge is 2.13. The predicted molar refractivity (Wildman–Crippen MR) is 43.8 cm³/mol. The minimum absolute atomic E-state index is 0.00708. The van der Waals surface area contributed by atoms with Crippen molar-refractivity contribution in [1.82, 2.24) is 0 Å². The van der Waals surface area contributed by atoms with Crippen molar-refractivity contribution in [3.63, 3.8) is 0 Å². The highest BCUT2D eigenvalue weighted by atomic mass is 19.2.